The summed E-state index contributed by atoms with van der Waals surface area (Å²) in [4.78, 5) is 26.2. The number of esters is 1. The highest BCUT2D eigenvalue weighted by Crippen LogP contribution is 2.31. The van der Waals surface area contributed by atoms with Gasteiger partial charge in [0, 0.05) is 11.7 Å². The maximum Gasteiger partial charge on any atom is 0.310 e. The molecule has 1 amide bonds. The summed E-state index contributed by atoms with van der Waals surface area (Å²) >= 11 is 11.8. The number of fused-ring (bicyclic) bond motifs is 1. The molecule has 0 radical (unpaired) electrons. The summed E-state index contributed by atoms with van der Waals surface area (Å²) in [5, 5.41) is 0.807. The number of rotatable bonds is 4. The van der Waals surface area contributed by atoms with Gasteiger partial charge >= 0.3 is 5.97 Å². The average molecular weight is 378 g/mol. The standard InChI is InChI=1S/C19H17Cl2NO3/c1-12-8-14-4-2-3-5-17(14)22(12)18(23)11-25-19(24)10-13-6-7-15(20)16(21)9-13/h2-7,9,12H,8,10-11H2,1H3. The molecular weight excluding hydrogens is 361 g/mol. The number of hydrogen-bond donors (Lipinski definition) is 0. The van der Waals surface area contributed by atoms with E-state index in [0.29, 0.717) is 15.6 Å². The van der Waals surface area contributed by atoms with E-state index in [9.17, 15) is 9.59 Å². The normalized spacial score (nSPS) is 15.8. The average Bonchev–Trinajstić information content (AvgIpc) is 2.92. The molecule has 0 N–H and O–H groups in total. The Hall–Kier alpha value is -2.04. The van der Waals surface area contributed by atoms with E-state index in [2.05, 4.69) is 0 Å². The van der Waals surface area contributed by atoms with Crippen molar-refractivity contribution in [3.8, 4) is 0 Å². The van der Waals surface area contributed by atoms with Gasteiger partial charge in [-0.1, -0.05) is 47.5 Å². The van der Waals surface area contributed by atoms with E-state index in [1.807, 2.05) is 31.2 Å². The van der Waals surface area contributed by atoms with E-state index in [-0.39, 0.29) is 25.0 Å². The molecule has 130 valence electrons. The Morgan fingerprint density at radius 2 is 1.92 bits per heavy atom. The van der Waals surface area contributed by atoms with Crippen molar-refractivity contribution in [2.24, 2.45) is 0 Å². The van der Waals surface area contributed by atoms with Gasteiger partial charge in [0.1, 0.15) is 0 Å². The molecule has 2 aromatic carbocycles. The van der Waals surface area contributed by atoms with Crippen LogP contribution in [-0.2, 0) is 27.2 Å². The first-order chi connectivity index (χ1) is 12.0. The SMILES string of the molecule is CC1Cc2ccccc2N1C(=O)COC(=O)Cc1ccc(Cl)c(Cl)c1. The van der Waals surface area contributed by atoms with Crippen LogP contribution in [0.4, 0.5) is 5.69 Å². The number of para-hydroxylation sites is 1. The fraction of sp³-hybridized carbons (Fsp3) is 0.263. The smallest absolute Gasteiger partial charge is 0.310 e. The summed E-state index contributed by atoms with van der Waals surface area (Å²) in [6.45, 7) is 1.70. The van der Waals surface area contributed by atoms with Crippen LogP contribution in [0.5, 0.6) is 0 Å². The van der Waals surface area contributed by atoms with Crippen LogP contribution in [0.15, 0.2) is 42.5 Å². The summed E-state index contributed by atoms with van der Waals surface area (Å²) < 4.78 is 5.15. The Balaban J connectivity index is 1.59. The molecule has 1 aliphatic rings. The molecule has 0 saturated carbocycles. The van der Waals surface area contributed by atoms with Crippen LogP contribution in [-0.4, -0.2) is 24.5 Å². The molecule has 0 bridgehead atoms. The minimum Gasteiger partial charge on any atom is -0.455 e. The molecule has 0 aromatic heterocycles. The van der Waals surface area contributed by atoms with Gasteiger partial charge in [0.05, 0.1) is 16.5 Å². The van der Waals surface area contributed by atoms with Gasteiger partial charge < -0.3 is 9.64 Å². The number of nitrogens with zero attached hydrogens (tertiary/aromatic N) is 1. The Labute approximate surface area is 156 Å². The first kappa shape index (κ1) is 17.8. The van der Waals surface area contributed by atoms with Gasteiger partial charge in [-0.25, -0.2) is 0 Å². The lowest BCUT2D eigenvalue weighted by Crippen LogP contribution is -2.38. The van der Waals surface area contributed by atoms with Crippen molar-refractivity contribution in [3.63, 3.8) is 0 Å². The maximum absolute atomic E-state index is 12.5. The van der Waals surface area contributed by atoms with Gasteiger partial charge in [-0.3, -0.25) is 9.59 Å². The van der Waals surface area contributed by atoms with Crippen LogP contribution >= 0.6 is 23.2 Å². The topological polar surface area (TPSA) is 46.6 Å². The van der Waals surface area contributed by atoms with Crippen molar-refractivity contribution in [2.45, 2.75) is 25.8 Å². The van der Waals surface area contributed by atoms with E-state index in [0.717, 1.165) is 17.7 Å². The fourth-order valence-corrected chi connectivity index (χ4v) is 3.35. The Bertz CT molecular complexity index is 822. The summed E-state index contributed by atoms with van der Waals surface area (Å²) in [5.41, 5.74) is 2.71. The molecule has 1 atom stereocenters. The molecule has 0 spiro atoms. The second-order valence-electron chi connectivity index (χ2n) is 6.03. The molecule has 0 saturated heterocycles. The van der Waals surface area contributed by atoms with Crippen LogP contribution in [0.1, 0.15) is 18.1 Å². The van der Waals surface area contributed by atoms with Crippen LogP contribution in [0.2, 0.25) is 10.0 Å². The molecule has 2 aromatic rings. The summed E-state index contributed by atoms with van der Waals surface area (Å²) in [6, 6.07) is 12.8. The van der Waals surface area contributed by atoms with Crippen LogP contribution in [0.25, 0.3) is 0 Å². The molecule has 1 unspecified atom stereocenters. The van der Waals surface area contributed by atoms with E-state index < -0.39 is 5.97 Å². The highest BCUT2D eigenvalue weighted by Gasteiger charge is 2.30. The first-order valence-corrected chi connectivity index (χ1v) is 8.71. The predicted molar refractivity (Wildman–Crippen MR) is 98.2 cm³/mol. The predicted octanol–water partition coefficient (Wildman–Crippen LogP) is 4.06. The van der Waals surface area contributed by atoms with Crippen LogP contribution in [0.3, 0.4) is 0 Å². The summed E-state index contributed by atoms with van der Waals surface area (Å²) in [5.74, 6) is -0.702. The van der Waals surface area contributed by atoms with E-state index >= 15 is 0 Å². The molecular formula is C19H17Cl2NO3. The minimum absolute atomic E-state index is 0.0380. The van der Waals surface area contributed by atoms with Gasteiger partial charge in [-0.2, -0.15) is 0 Å². The number of carbonyl (C=O) groups excluding carboxylic acids is 2. The highest BCUT2D eigenvalue weighted by atomic mass is 35.5. The number of benzene rings is 2. The van der Waals surface area contributed by atoms with Crippen molar-refractivity contribution in [2.75, 3.05) is 11.5 Å². The lowest BCUT2D eigenvalue weighted by atomic mass is 10.1. The number of amides is 1. The monoisotopic (exact) mass is 377 g/mol. The maximum atomic E-state index is 12.5. The zero-order chi connectivity index (χ0) is 18.0. The number of ether oxygens (including phenoxy) is 1. The number of halogens is 2. The largest absolute Gasteiger partial charge is 0.455 e. The molecule has 0 fully saturated rings. The Morgan fingerprint density at radius 1 is 1.16 bits per heavy atom. The van der Waals surface area contributed by atoms with Crippen molar-refractivity contribution in [1.29, 1.82) is 0 Å². The van der Waals surface area contributed by atoms with Crippen molar-refractivity contribution < 1.29 is 14.3 Å². The summed E-state index contributed by atoms with van der Waals surface area (Å²) in [7, 11) is 0. The van der Waals surface area contributed by atoms with Gasteiger partial charge in [0.15, 0.2) is 6.61 Å². The number of anilines is 1. The molecule has 0 aliphatic carbocycles. The first-order valence-electron chi connectivity index (χ1n) is 7.95. The molecule has 6 heteroatoms. The Morgan fingerprint density at radius 3 is 2.68 bits per heavy atom. The summed E-state index contributed by atoms with van der Waals surface area (Å²) in [6.07, 6.45) is 0.843. The Kier molecular flexibility index (Phi) is 5.30. The number of carbonyl (C=O) groups is 2. The molecule has 4 nitrogen and oxygen atoms in total. The molecule has 1 heterocycles. The van der Waals surface area contributed by atoms with Crippen LogP contribution in [0, 0.1) is 0 Å². The second-order valence-corrected chi connectivity index (χ2v) is 6.85. The third-order valence-corrected chi connectivity index (χ3v) is 4.90. The third-order valence-electron chi connectivity index (χ3n) is 4.17. The van der Waals surface area contributed by atoms with E-state index in [1.165, 1.54) is 0 Å². The van der Waals surface area contributed by atoms with Crippen molar-refractivity contribution in [3.05, 3.63) is 63.6 Å². The van der Waals surface area contributed by atoms with E-state index in [1.54, 1.807) is 23.1 Å². The molecule has 25 heavy (non-hydrogen) atoms. The zero-order valence-corrected chi connectivity index (χ0v) is 15.2. The third kappa shape index (κ3) is 3.97. The van der Waals surface area contributed by atoms with E-state index in [4.69, 9.17) is 27.9 Å². The van der Waals surface area contributed by atoms with Crippen LogP contribution < -0.4 is 4.90 Å². The lowest BCUT2D eigenvalue weighted by molar-refractivity contribution is -0.147. The van der Waals surface area contributed by atoms with Gasteiger partial charge in [0.2, 0.25) is 0 Å². The van der Waals surface area contributed by atoms with Gasteiger partial charge in [-0.15, -0.1) is 0 Å². The zero-order valence-electron chi connectivity index (χ0n) is 13.7. The van der Waals surface area contributed by atoms with Crippen molar-refractivity contribution in [1.82, 2.24) is 0 Å². The van der Waals surface area contributed by atoms with Crippen molar-refractivity contribution >= 4 is 40.8 Å². The second kappa shape index (κ2) is 7.46. The van der Waals surface area contributed by atoms with Gasteiger partial charge in [-0.05, 0) is 42.7 Å². The quantitative estimate of drug-likeness (QED) is 0.754. The molecule has 1 aliphatic heterocycles. The van der Waals surface area contributed by atoms with Gasteiger partial charge in [0.25, 0.3) is 5.91 Å². The lowest BCUT2D eigenvalue weighted by Gasteiger charge is -2.22. The fourth-order valence-electron chi connectivity index (χ4n) is 3.02. The number of hydrogen-bond acceptors (Lipinski definition) is 3. The molecule has 3 rings (SSSR count). The highest BCUT2D eigenvalue weighted by molar-refractivity contribution is 6.42. The minimum atomic E-state index is -0.480.